The first-order valence-corrected chi connectivity index (χ1v) is 11.3. The Kier molecular flexibility index (Phi) is 8.71. The highest BCUT2D eigenvalue weighted by atomic mass is 35.5. The van der Waals surface area contributed by atoms with Crippen LogP contribution in [0.4, 0.5) is 0 Å². The second-order valence-corrected chi connectivity index (χ2v) is 8.60. The maximum absolute atomic E-state index is 13.3. The molecule has 31 heavy (non-hydrogen) atoms. The zero-order valence-electron chi connectivity index (χ0n) is 17.7. The molecule has 1 unspecified atom stereocenters. The molecule has 1 aliphatic rings. The van der Waals surface area contributed by atoms with Crippen LogP contribution in [-0.4, -0.2) is 75.3 Å². The molecule has 9 heteroatoms. The van der Waals surface area contributed by atoms with Crippen molar-refractivity contribution in [2.24, 2.45) is 0 Å². The van der Waals surface area contributed by atoms with E-state index in [0.717, 1.165) is 12.0 Å². The van der Waals surface area contributed by atoms with Crippen LogP contribution in [0.2, 0.25) is 5.02 Å². The average molecular weight is 467 g/mol. The fraction of sp³-hybridized carbons (Fsp3) is 0.455. The standard InChI is InChI=1S/C22H27ClN2O5S/c1-28-11-10-24(22(27)15-29-2)13-21(26)25-9-7-20-18(8-12-31-20)19(25)14-30-17-5-3-16(23)4-6-17/h3-6,8,12,19H,7,9-11,13-15H2,1-2H3. The predicted octanol–water partition coefficient (Wildman–Crippen LogP) is 3.03. The van der Waals surface area contributed by atoms with Gasteiger partial charge in [-0.25, -0.2) is 0 Å². The molecule has 0 spiro atoms. The van der Waals surface area contributed by atoms with Gasteiger partial charge in [-0.2, -0.15) is 0 Å². The molecule has 1 aliphatic heterocycles. The summed E-state index contributed by atoms with van der Waals surface area (Å²) in [6.07, 6.45) is 0.792. The van der Waals surface area contributed by atoms with Gasteiger partial charge in [0.2, 0.25) is 11.8 Å². The molecule has 0 saturated carbocycles. The number of thiophene rings is 1. The Morgan fingerprint density at radius 2 is 1.97 bits per heavy atom. The monoisotopic (exact) mass is 466 g/mol. The van der Waals surface area contributed by atoms with Crippen LogP contribution < -0.4 is 4.74 Å². The topological polar surface area (TPSA) is 68.3 Å². The second-order valence-electron chi connectivity index (χ2n) is 7.16. The molecule has 3 rings (SSSR count). The molecule has 1 aromatic carbocycles. The van der Waals surface area contributed by atoms with Crippen molar-refractivity contribution in [3.63, 3.8) is 0 Å². The van der Waals surface area contributed by atoms with Gasteiger partial charge in [-0.15, -0.1) is 11.3 Å². The molecule has 7 nitrogen and oxygen atoms in total. The fourth-order valence-corrected chi connectivity index (χ4v) is 4.60. The normalized spacial score (nSPS) is 15.5. The Balaban J connectivity index is 1.74. The Labute approximate surface area is 191 Å². The van der Waals surface area contributed by atoms with Crippen molar-refractivity contribution < 1.29 is 23.8 Å². The van der Waals surface area contributed by atoms with E-state index >= 15 is 0 Å². The zero-order valence-corrected chi connectivity index (χ0v) is 19.3. The number of carbonyl (C=O) groups is 2. The van der Waals surface area contributed by atoms with Gasteiger partial charge in [0.25, 0.3) is 0 Å². The van der Waals surface area contributed by atoms with E-state index in [1.807, 2.05) is 28.5 Å². The maximum Gasteiger partial charge on any atom is 0.249 e. The summed E-state index contributed by atoms with van der Waals surface area (Å²) in [4.78, 5) is 30.2. The van der Waals surface area contributed by atoms with Crippen molar-refractivity contribution in [3.8, 4) is 5.75 Å². The number of rotatable bonds is 10. The summed E-state index contributed by atoms with van der Waals surface area (Å²) in [7, 11) is 3.02. The van der Waals surface area contributed by atoms with E-state index in [-0.39, 0.29) is 31.0 Å². The number of carbonyl (C=O) groups excluding carboxylic acids is 2. The van der Waals surface area contributed by atoms with E-state index in [9.17, 15) is 9.59 Å². The van der Waals surface area contributed by atoms with Crippen LogP contribution in [0.25, 0.3) is 0 Å². The van der Waals surface area contributed by atoms with Gasteiger partial charge in [-0.1, -0.05) is 11.6 Å². The summed E-state index contributed by atoms with van der Waals surface area (Å²) in [6, 6.07) is 8.98. The number of halogens is 1. The lowest BCUT2D eigenvalue weighted by molar-refractivity contribution is -0.145. The molecular formula is C22H27ClN2O5S. The van der Waals surface area contributed by atoms with E-state index in [0.29, 0.717) is 37.1 Å². The van der Waals surface area contributed by atoms with Crippen molar-refractivity contribution >= 4 is 34.8 Å². The van der Waals surface area contributed by atoms with Crippen LogP contribution in [0.15, 0.2) is 35.7 Å². The number of hydrogen-bond donors (Lipinski definition) is 0. The molecule has 0 radical (unpaired) electrons. The third kappa shape index (κ3) is 6.20. The fourth-order valence-electron chi connectivity index (χ4n) is 3.54. The van der Waals surface area contributed by atoms with Crippen molar-refractivity contribution in [2.75, 3.05) is 53.7 Å². The first-order chi connectivity index (χ1) is 15.0. The molecule has 0 aliphatic carbocycles. The molecule has 0 bridgehead atoms. The van der Waals surface area contributed by atoms with Crippen LogP contribution >= 0.6 is 22.9 Å². The molecule has 0 fully saturated rings. The van der Waals surface area contributed by atoms with Gasteiger partial charge in [-0.3, -0.25) is 9.59 Å². The molecule has 168 valence electrons. The van der Waals surface area contributed by atoms with Crippen LogP contribution in [0, 0.1) is 0 Å². The van der Waals surface area contributed by atoms with Crippen molar-refractivity contribution in [3.05, 3.63) is 51.2 Å². The first kappa shape index (κ1) is 23.5. The Hall–Kier alpha value is -2.13. The lowest BCUT2D eigenvalue weighted by atomic mass is 10.0. The van der Waals surface area contributed by atoms with E-state index in [1.165, 1.54) is 16.9 Å². The van der Waals surface area contributed by atoms with E-state index in [1.54, 1.807) is 30.6 Å². The number of benzene rings is 1. The van der Waals surface area contributed by atoms with Crippen LogP contribution in [-0.2, 0) is 25.5 Å². The molecule has 2 amide bonds. The summed E-state index contributed by atoms with van der Waals surface area (Å²) in [5.74, 6) is 0.327. The molecular weight excluding hydrogens is 440 g/mol. The summed E-state index contributed by atoms with van der Waals surface area (Å²) >= 11 is 7.65. The smallest absolute Gasteiger partial charge is 0.249 e. The van der Waals surface area contributed by atoms with Crippen molar-refractivity contribution in [1.82, 2.24) is 9.80 Å². The van der Waals surface area contributed by atoms with Gasteiger partial charge in [0.05, 0.1) is 19.2 Å². The number of amides is 2. The largest absolute Gasteiger partial charge is 0.491 e. The number of methoxy groups -OCH3 is 2. The summed E-state index contributed by atoms with van der Waals surface area (Å²) in [6.45, 7) is 1.48. The van der Waals surface area contributed by atoms with Gasteiger partial charge in [0.1, 0.15) is 19.0 Å². The quantitative estimate of drug-likeness (QED) is 0.538. The van der Waals surface area contributed by atoms with Gasteiger partial charge < -0.3 is 24.0 Å². The van der Waals surface area contributed by atoms with Crippen LogP contribution in [0.1, 0.15) is 16.5 Å². The minimum atomic E-state index is -0.241. The molecule has 0 saturated heterocycles. The second kappa shape index (κ2) is 11.5. The molecule has 2 heterocycles. The number of ether oxygens (including phenoxy) is 3. The minimum absolute atomic E-state index is 0.0253. The minimum Gasteiger partial charge on any atom is -0.491 e. The van der Waals surface area contributed by atoms with Crippen LogP contribution in [0.3, 0.4) is 0 Å². The van der Waals surface area contributed by atoms with Gasteiger partial charge in [0.15, 0.2) is 0 Å². The SMILES string of the molecule is COCCN(CC(=O)N1CCc2sccc2C1COc1ccc(Cl)cc1)C(=O)COC. The van der Waals surface area contributed by atoms with Crippen molar-refractivity contribution in [2.45, 2.75) is 12.5 Å². The Morgan fingerprint density at radius 3 is 2.68 bits per heavy atom. The highest BCUT2D eigenvalue weighted by Gasteiger charge is 2.33. The van der Waals surface area contributed by atoms with Gasteiger partial charge in [0, 0.05) is 37.2 Å². The predicted molar refractivity (Wildman–Crippen MR) is 120 cm³/mol. The molecule has 2 aromatic rings. The van der Waals surface area contributed by atoms with Gasteiger partial charge in [-0.05, 0) is 47.7 Å². The van der Waals surface area contributed by atoms with Crippen LogP contribution in [0.5, 0.6) is 5.75 Å². The summed E-state index contributed by atoms with van der Waals surface area (Å²) < 4.78 is 16.0. The number of hydrogen-bond acceptors (Lipinski definition) is 6. The van der Waals surface area contributed by atoms with E-state index in [4.69, 9.17) is 25.8 Å². The highest BCUT2D eigenvalue weighted by molar-refractivity contribution is 7.10. The van der Waals surface area contributed by atoms with Crippen molar-refractivity contribution in [1.29, 1.82) is 0 Å². The lowest BCUT2D eigenvalue weighted by Gasteiger charge is -2.37. The lowest BCUT2D eigenvalue weighted by Crippen LogP contribution is -2.49. The molecule has 0 N–H and O–H groups in total. The van der Waals surface area contributed by atoms with E-state index < -0.39 is 0 Å². The third-order valence-corrected chi connectivity index (χ3v) is 6.40. The number of nitrogens with zero attached hydrogens (tertiary/aromatic N) is 2. The van der Waals surface area contributed by atoms with E-state index in [2.05, 4.69) is 0 Å². The Morgan fingerprint density at radius 1 is 1.19 bits per heavy atom. The number of fused-ring (bicyclic) bond motifs is 1. The summed E-state index contributed by atoms with van der Waals surface area (Å²) in [5.41, 5.74) is 1.10. The average Bonchev–Trinajstić information content (AvgIpc) is 3.25. The summed E-state index contributed by atoms with van der Waals surface area (Å²) in [5, 5.41) is 2.68. The zero-order chi connectivity index (χ0) is 22.2. The van der Waals surface area contributed by atoms with Gasteiger partial charge >= 0.3 is 0 Å². The maximum atomic E-state index is 13.3. The third-order valence-electron chi connectivity index (χ3n) is 5.15. The molecule has 1 atom stereocenters. The highest BCUT2D eigenvalue weighted by Crippen LogP contribution is 2.34. The Bertz CT molecular complexity index is 873. The molecule has 1 aromatic heterocycles. The first-order valence-electron chi connectivity index (χ1n) is 10.0.